The van der Waals surface area contributed by atoms with Gasteiger partial charge in [-0.3, -0.25) is 4.79 Å². The molecule has 2 fully saturated rings. The minimum absolute atomic E-state index is 0.143. The lowest BCUT2D eigenvalue weighted by Gasteiger charge is -2.35. The van der Waals surface area contributed by atoms with Gasteiger partial charge >= 0.3 is 0 Å². The van der Waals surface area contributed by atoms with Gasteiger partial charge in [0.05, 0.1) is 6.10 Å². The third-order valence-corrected chi connectivity index (χ3v) is 5.57. The van der Waals surface area contributed by atoms with Gasteiger partial charge in [0.25, 0.3) is 5.91 Å². The van der Waals surface area contributed by atoms with Crippen LogP contribution in [0.4, 0.5) is 0 Å². The van der Waals surface area contributed by atoms with E-state index in [-0.39, 0.29) is 12.0 Å². The Morgan fingerprint density at radius 2 is 2.14 bits per heavy atom. The molecule has 2 aliphatic rings. The molecule has 1 aromatic heterocycles. The van der Waals surface area contributed by atoms with E-state index < -0.39 is 5.54 Å². The molecule has 7 heteroatoms. The number of carbonyl (C=O) groups excluding carboxylic acids is 1. The highest BCUT2D eigenvalue weighted by atomic mass is 16.5. The zero-order valence-electron chi connectivity index (χ0n) is 16.3. The van der Waals surface area contributed by atoms with E-state index in [4.69, 9.17) is 14.0 Å². The van der Waals surface area contributed by atoms with Gasteiger partial charge in [-0.15, -0.1) is 0 Å². The molecule has 1 saturated heterocycles. The van der Waals surface area contributed by atoms with E-state index in [2.05, 4.69) is 15.5 Å². The first-order valence-electron chi connectivity index (χ1n) is 10.1. The number of hydrogen-bond acceptors (Lipinski definition) is 6. The molecule has 0 radical (unpaired) electrons. The first-order valence-corrected chi connectivity index (χ1v) is 10.1. The zero-order chi connectivity index (χ0) is 19.4. The number of hydrogen-bond donors (Lipinski definition) is 1. The highest BCUT2D eigenvalue weighted by Gasteiger charge is 2.39. The fourth-order valence-corrected chi connectivity index (χ4v) is 4.04. The van der Waals surface area contributed by atoms with Crippen LogP contribution < -0.4 is 10.1 Å². The molecule has 1 amide bonds. The Labute approximate surface area is 164 Å². The standard InChI is InChI=1S/C21H27N3O4/c1-15-22-20(24-28-15)21(10-3-2-4-11-21)23-19(25)16-7-5-8-17(13-16)27-14-18-9-6-12-26-18/h5,7-8,13,18H,2-4,6,9-12,14H2,1H3,(H,23,25). The van der Waals surface area contributed by atoms with Gasteiger partial charge in [0.1, 0.15) is 17.9 Å². The van der Waals surface area contributed by atoms with Gasteiger partial charge in [0.2, 0.25) is 5.89 Å². The maximum atomic E-state index is 13.0. The lowest BCUT2D eigenvalue weighted by Crippen LogP contribution is -2.48. The van der Waals surface area contributed by atoms with E-state index in [9.17, 15) is 4.79 Å². The number of benzene rings is 1. The maximum Gasteiger partial charge on any atom is 0.252 e. The van der Waals surface area contributed by atoms with Gasteiger partial charge in [0.15, 0.2) is 5.82 Å². The number of ether oxygens (including phenoxy) is 2. The summed E-state index contributed by atoms with van der Waals surface area (Å²) < 4.78 is 16.6. The number of amides is 1. The van der Waals surface area contributed by atoms with E-state index in [1.807, 2.05) is 12.1 Å². The van der Waals surface area contributed by atoms with Crippen LogP contribution in [0, 0.1) is 6.92 Å². The highest BCUT2D eigenvalue weighted by molar-refractivity contribution is 5.95. The van der Waals surface area contributed by atoms with Gasteiger partial charge in [0, 0.05) is 19.1 Å². The Kier molecular flexibility index (Phi) is 5.62. The van der Waals surface area contributed by atoms with Gasteiger partial charge in [-0.25, -0.2) is 0 Å². The summed E-state index contributed by atoms with van der Waals surface area (Å²) in [6.07, 6.45) is 7.07. The van der Waals surface area contributed by atoms with Crippen LogP contribution in [0.3, 0.4) is 0 Å². The molecule has 1 aliphatic heterocycles. The lowest BCUT2D eigenvalue weighted by molar-refractivity contribution is 0.0679. The highest BCUT2D eigenvalue weighted by Crippen LogP contribution is 2.36. The normalized spacial score (nSPS) is 21.4. The first kappa shape index (κ1) is 18.9. The van der Waals surface area contributed by atoms with Crippen molar-refractivity contribution >= 4 is 5.91 Å². The molecule has 28 heavy (non-hydrogen) atoms. The van der Waals surface area contributed by atoms with Gasteiger partial charge in [-0.2, -0.15) is 4.98 Å². The molecule has 1 atom stereocenters. The van der Waals surface area contributed by atoms with Crippen molar-refractivity contribution in [1.29, 1.82) is 0 Å². The monoisotopic (exact) mass is 385 g/mol. The molecular weight excluding hydrogens is 358 g/mol. The van der Waals surface area contributed by atoms with Gasteiger partial charge < -0.3 is 19.3 Å². The van der Waals surface area contributed by atoms with Crippen LogP contribution in [0.15, 0.2) is 28.8 Å². The predicted molar refractivity (Wildman–Crippen MR) is 102 cm³/mol. The second-order valence-electron chi connectivity index (χ2n) is 7.71. The van der Waals surface area contributed by atoms with Crippen LogP contribution >= 0.6 is 0 Å². The molecule has 1 aromatic carbocycles. The molecule has 1 N–H and O–H groups in total. The summed E-state index contributed by atoms with van der Waals surface area (Å²) in [7, 11) is 0. The Balaban J connectivity index is 1.47. The van der Waals surface area contributed by atoms with E-state index in [0.717, 1.165) is 51.6 Å². The fourth-order valence-electron chi connectivity index (χ4n) is 4.04. The van der Waals surface area contributed by atoms with Crippen molar-refractivity contribution < 1.29 is 18.8 Å². The van der Waals surface area contributed by atoms with Crippen LogP contribution in [-0.2, 0) is 10.3 Å². The largest absolute Gasteiger partial charge is 0.491 e. The summed E-state index contributed by atoms with van der Waals surface area (Å²) in [6, 6.07) is 7.28. The quantitative estimate of drug-likeness (QED) is 0.819. The van der Waals surface area contributed by atoms with E-state index in [1.54, 1.807) is 19.1 Å². The summed E-state index contributed by atoms with van der Waals surface area (Å²) in [6.45, 7) is 3.08. The zero-order valence-corrected chi connectivity index (χ0v) is 16.3. The van der Waals surface area contributed by atoms with E-state index in [1.165, 1.54) is 0 Å². The van der Waals surface area contributed by atoms with Crippen LogP contribution in [0.1, 0.15) is 67.0 Å². The van der Waals surface area contributed by atoms with Crippen LogP contribution in [0.5, 0.6) is 5.75 Å². The van der Waals surface area contributed by atoms with Gasteiger partial charge in [-0.05, 0) is 43.9 Å². The molecule has 7 nitrogen and oxygen atoms in total. The topological polar surface area (TPSA) is 86.5 Å². The first-order chi connectivity index (χ1) is 13.6. The molecule has 1 aliphatic carbocycles. The Bertz CT molecular complexity index is 807. The van der Waals surface area contributed by atoms with Crippen molar-refractivity contribution in [1.82, 2.24) is 15.5 Å². The number of nitrogens with zero attached hydrogens (tertiary/aromatic N) is 2. The van der Waals surface area contributed by atoms with Crippen LogP contribution in [0.25, 0.3) is 0 Å². The van der Waals surface area contributed by atoms with E-state index >= 15 is 0 Å². The van der Waals surface area contributed by atoms with Crippen molar-refractivity contribution in [3.8, 4) is 5.75 Å². The average molecular weight is 385 g/mol. The van der Waals surface area contributed by atoms with Crippen molar-refractivity contribution in [2.75, 3.05) is 13.2 Å². The average Bonchev–Trinajstić information content (AvgIpc) is 3.39. The lowest BCUT2D eigenvalue weighted by atomic mass is 9.80. The summed E-state index contributed by atoms with van der Waals surface area (Å²) in [5, 5.41) is 7.31. The second-order valence-corrected chi connectivity index (χ2v) is 7.71. The Morgan fingerprint density at radius 1 is 1.29 bits per heavy atom. The Hall–Kier alpha value is -2.41. The second kappa shape index (κ2) is 8.31. The molecule has 0 spiro atoms. The number of aromatic nitrogens is 2. The fraction of sp³-hybridized carbons (Fsp3) is 0.571. The van der Waals surface area contributed by atoms with Crippen LogP contribution in [0.2, 0.25) is 0 Å². The number of aryl methyl sites for hydroxylation is 1. The molecule has 1 saturated carbocycles. The summed E-state index contributed by atoms with van der Waals surface area (Å²) >= 11 is 0. The van der Waals surface area contributed by atoms with Crippen molar-refractivity contribution in [3.05, 3.63) is 41.5 Å². The number of carbonyl (C=O) groups is 1. The molecular formula is C21H27N3O4. The summed E-state index contributed by atoms with van der Waals surface area (Å²) in [5.41, 5.74) is -0.00299. The van der Waals surface area contributed by atoms with Crippen molar-refractivity contribution in [3.63, 3.8) is 0 Å². The minimum Gasteiger partial charge on any atom is -0.491 e. The van der Waals surface area contributed by atoms with Gasteiger partial charge in [-0.1, -0.05) is 30.5 Å². The molecule has 2 aromatic rings. The van der Waals surface area contributed by atoms with Crippen molar-refractivity contribution in [2.24, 2.45) is 0 Å². The molecule has 4 rings (SSSR count). The molecule has 1 unspecified atom stereocenters. The predicted octanol–water partition coefficient (Wildman–Crippen LogP) is 3.53. The number of rotatable bonds is 6. The van der Waals surface area contributed by atoms with Crippen molar-refractivity contribution in [2.45, 2.75) is 63.5 Å². The minimum atomic E-state index is -0.568. The molecule has 150 valence electrons. The summed E-state index contributed by atoms with van der Waals surface area (Å²) in [5.74, 6) is 1.62. The summed E-state index contributed by atoms with van der Waals surface area (Å²) in [4.78, 5) is 17.4. The maximum absolute atomic E-state index is 13.0. The van der Waals surface area contributed by atoms with E-state index in [0.29, 0.717) is 29.6 Å². The number of nitrogens with one attached hydrogen (secondary N) is 1. The third-order valence-electron chi connectivity index (χ3n) is 5.57. The smallest absolute Gasteiger partial charge is 0.252 e. The Morgan fingerprint density at radius 3 is 2.86 bits per heavy atom. The SMILES string of the molecule is Cc1nc(C2(NC(=O)c3cccc(OCC4CCCO4)c3)CCCCC2)no1. The third kappa shape index (κ3) is 4.19. The molecule has 0 bridgehead atoms. The van der Waals surface area contributed by atoms with Crippen LogP contribution in [-0.4, -0.2) is 35.4 Å². The molecule has 2 heterocycles.